The summed E-state index contributed by atoms with van der Waals surface area (Å²) in [5.74, 6) is 4.20. The van der Waals surface area contributed by atoms with E-state index in [1.54, 1.807) is 0 Å². The van der Waals surface area contributed by atoms with Crippen molar-refractivity contribution in [2.24, 2.45) is 0 Å². The normalized spacial score (nSPS) is 11.2. The number of aryl methyl sites for hydroxylation is 2. The highest BCUT2D eigenvalue weighted by atomic mass is 15.0. The Balaban J connectivity index is 1.08. The second-order valence-electron chi connectivity index (χ2n) is 16.2. The van der Waals surface area contributed by atoms with Crippen LogP contribution in [0.3, 0.4) is 0 Å². The molecule has 0 atom stereocenters. The van der Waals surface area contributed by atoms with Gasteiger partial charge >= 0.3 is 0 Å². The molecule has 3 heterocycles. The third kappa shape index (κ3) is 8.22. The van der Waals surface area contributed by atoms with Crippen molar-refractivity contribution in [1.82, 2.24) is 39.9 Å². The fourth-order valence-electron chi connectivity index (χ4n) is 8.31. The molecule has 8 nitrogen and oxygen atoms in total. The molecule has 8 heteroatoms. The Morgan fingerprint density at radius 3 is 1.20 bits per heavy atom. The summed E-state index contributed by atoms with van der Waals surface area (Å²) >= 11 is 0. The predicted molar refractivity (Wildman–Crippen MR) is 265 cm³/mol. The van der Waals surface area contributed by atoms with Crippen LogP contribution in [0.4, 0.5) is 0 Å². The van der Waals surface area contributed by atoms with Crippen LogP contribution in [0.2, 0.25) is 0 Å². The lowest BCUT2D eigenvalue weighted by Crippen LogP contribution is -2.01. The smallest absolute Gasteiger partial charge is 0.164 e. The third-order valence-electron chi connectivity index (χ3n) is 11.5. The van der Waals surface area contributed by atoms with Crippen LogP contribution in [-0.4, -0.2) is 39.9 Å². The molecule has 3 aromatic heterocycles. The standard InChI is InChI=1S/C58H40N8/c1-37-31-38(2)60-57(59-37)49-35-47(44-25-16-26-45(33-44)55-62-52(40-18-6-3-7-19-40)61-53(63-55)41-20-8-4-9-21-41)34-48(36-49)50-27-14-15-28-51(50)58-65-54(42-22-10-5-11-23-42)64-56(66-58)46-30-29-39-17-12-13-24-43(39)32-46/h3-36H,1-2H3. The van der Waals surface area contributed by atoms with Gasteiger partial charge in [-0.1, -0.05) is 170 Å². The SMILES string of the molecule is Cc1cc(C)nc(-c2cc(-c3cccc(-c4nc(-c5ccccc5)nc(-c5ccccc5)n4)c3)cc(-c3ccccc3-c3nc(-c4ccccc4)nc(-c4ccc5ccccc5c4)n3)c2)n1. The quantitative estimate of drug-likeness (QED) is 0.141. The molecule has 0 aliphatic heterocycles. The molecule has 312 valence electrons. The van der Waals surface area contributed by atoms with Gasteiger partial charge in [0.05, 0.1) is 0 Å². The van der Waals surface area contributed by atoms with Crippen LogP contribution in [0.25, 0.3) is 113 Å². The van der Waals surface area contributed by atoms with Crippen molar-refractivity contribution in [3.05, 3.63) is 218 Å². The molecule has 0 aliphatic rings. The summed E-state index contributed by atoms with van der Waals surface area (Å²) in [6.45, 7) is 4.00. The Labute approximate surface area is 382 Å². The number of aromatic nitrogens is 8. The summed E-state index contributed by atoms with van der Waals surface area (Å²) in [4.78, 5) is 40.3. The van der Waals surface area contributed by atoms with Crippen LogP contribution in [0.15, 0.2) is 206 Å². The number of rotatable bonds is 9. The number of nitrogens with zero attached hydrogens (tertiary/aromatic N) is 8. The average Bonchev–Trinajstić information content (AvgIpc) is 3.38. The summed E-state index contributed by atoms with van der Waals surface area (Å²) in [5.41, 5.74) is 11.9. The maximum absolute atomic E-state index is 5.21. The van der Waals surface area contributed by atoms with Gasteiger partial charge in [0.2, 0.25) is 0 Å². The Morgan fingerprint density at radius 2 is 0.606 bits per heavy atom. The molecule has 0 bridgehead atoms. The van der Waals surface area contributed by atoms with Crippen molar-refractivity contribution < 1.29 is 0 Å². The highest BCUT2D eigenvalue weighted by molar-refractivity contribution is 5.89. The Bertz CT molecular complexity index is 3480. The Kier molecular flexibility index (Phi) is 10.5. The molecule has 0 saturated heterocycles. The van der Waals surface area contributed by atoms with Crippen molar-refractivity contribution in [2.45, 2.75) is 13.8 Å². The lowest BCUT2D eigenvalue weighted by Gasteiger charge is -2.15. The van der Waals surface area contributed by atoms with E-state index in [2.05, 4.69) is 97.1 Å². The highest BCUT2D eigenvalue weighted by Gasteiger charge is 2.19. The summed E-state index contributed by atoms with van der Waals surface area (Å²) in [6, 6.07) is 70.0. The first-order chi connectivity index (χ1) is 32.5. The van der Waals surface area contributed by atoms with Gasteiger partial charge < -0.3 is 0 Å². The zero-order valence-corrected chi connectivity index (χ0v) is 36.2. The summed E-state index contributed by atoms with van der Waals surface area (Å²) in [6.07, 6.45) is 0. The van der Waals surface area contributed by atoms with Crippen molar-refractivity contribution >= 4 is 10.8 Å². The molecular weight excluding hydrogens is 809 g/mol. The Hall–Kier alpha value is -8.88. The first kappa shape index (κ1) is 39.9. The van der Waals surface area contributed by atoms with Crippen molar-refractivity contribution in [2.75, 3.05) is 0 Å². The second-order valence-corrected chi connectivity index (χ2v) is 16.2. The van der Waals surface area contributed by atoms with E-state index < -0.39 is 0 Å². The molecule has 0 spiro atoms. The minimum atomic E-state index is 0.567. The monoisotopic (exact) mass is 848 g/mol. The highest BCUT2D eigenvalue weighted by Crippen LogP contribution is 2.38. The molecular formula is C58H40N8. The molecule has 0 N–H and O–H groups in total. The van der Waals surface area contributed by atoms with Crippen molar-refractivity contribution in [3.63, 3.8) is 0 Å². The molecule has 66 heavy (non-hydrogen) atoms. The van der Waals surface area contributed by atoms with Gasteiger partial charge in [-0.3, -0.25) is 0 Å². The number of fused-ring (bicyclic) bond motifs is 1. The van der Waals surface area contributed by atoms with Crippen LogP contribution in [0.5, 0.6) is 0 Å². The van der Waals surface area contributed by atoms with E-state index in [4.69, 9.17) is 39.9 Å². The molecule has 11 aromatic rings. The third-order valence-corrected chi connectivity index (χ3v) is 11.5. The van der Waals surface area contributed by atoms with Gasteiger partial charge in [0.15, 0.2) is 40.8 Å². The Morgan fingerprint density at radius 1 is 0.212 bits per heavy atom. The van der Waals surface area contributed by atoms with E-state index >= 15 is 0 Å². The number of hydrogen-bond acceptors (Lipinski definition) is 8. The predicted octanol–water partition coefficient (Wildman–Crippen LogP) is 13.6. The molecule has 0 saturated carbocycles. The first-order valence-corrected chi connectivity index (χ1v) is 21.8. The molecule has 0 unspecified atom stereocenters. The van der Waals surface area contributed by atoms with Crippen molar-refractivity contribution in [1.29, 1.82) is 0 Å². The van der Waals surface area contributed by atoms with Crippen LogP contribution in [0.1, 0.15) is 11.4 Å². The largest absolute Gasteiger partial charge is 0.233 e. The fraction of sp³-hybridized carbons (Fsp3) is 0.0345. The zero-order chi connectivity index (χ0) is 44.4. The summed E-state index contributed by atoms with van der Waals surface area (Å²) in [5, 5.41) is 2.27. The zero-order valence-electron chi connectivity index (χ0n) is 36.2. The second kappa shape index (κ2) is 17.4. The maximum atomic E-state index is 5.21. The minimum Gasteiger partial charge on any atom is -0.233 e. The number of hydrogen-bond donors (Lipinski definition) is 0. The van der Waals surface area contributed by atoms with Gasteiger partial charge in [-0.15, -0.1) is 0 Å². The van der Waals surface area contributed by atoms with E-state index in [9.17, 15) is 0 Å². The lowest BCUT2D eigenvalue weighted by molar-refractivity contribution is 1.06. The van der Waals surface area contributed by atoms with Gasteiger partial charge in [0.1, 0.15) is 0 Å². The summed E-state index contributed by atoms with van der Waals surface area (Å²) in [7, 11) is 0. The molecule has 8 aromatic carbocycles. The molecule has 0 fully saturated rings. The maximum Gasteiger partial charge on any atom is 0.164 e. The van der Waals surface area contributed by atoms with Gasteiger partial charge in [-0.25, -0.2) is 39.9 Å². The van der Waals surface area contributed by atoms with E-state index in [1.165, 1.54) is 0 Å². The van der Waals surface area contributed by atoms with Crippen LogP contribution in [-0.2, 0) is 0 Å². The van der Waals surface area contributed by atoms with E-state index in [0.717, 1.165) is 83.4 Å². The van der Waals surface area contributed by atoms with Crippen LogP contribution < -0.4 is 0 Å². The van der Waals surface area contributed by atoms with Crippen molar-refractivity contribution in [3.8, 4) is 102 Å². The average molecular weight is 849 g/mol. The molecule has 11 rings (SSSR count). The minimum absolute atomic E-state index is 0.567. The molecule has 0 amide bonds. The van der Waals surface area contributed by atoms with Gasteiger partial charge in [0.25, 0.3) is 0 Å². The topological polar surface area (TPSA) is 103 Å². The van der Waals surface area contributed by atoms with E-state index in [1.807, 2.05) is 123 Å². The van der Waals surface area contributed by atoms with E-state index in [0.29, 0.717) is 40.8 Å². The molecule has 0 aliphatic carbocycles. The van der Waals surface area contributed by atoms with Gasteiger partial charge in [-0.05, 0) is 83.3 Å². The lowest BCUT2D eigenvalue weighted by atomic mass is 9.92. The first-order valence-electron chi connectivity index (χ1n) is 21.8. The summed E-state index contributed by atoms with van der Waals surface area (Å²) < 4.78 is 0. The number of benzene rings is 8. The van der Waals surface area contributed by atoms with Gasteiger partial charge in [0, 0.05) is 50.3 Å². The van der Waals surface area contributed by atoms with Crippen LogP contribution >= 0.6 is 0 Å². The fourth-order valence-corrected chi connectivity index (χ4v) is 8.31. The van der Waals surface area contributed by atoms with Crippen LogP contribution in [0, 0.1) is 13.8 Å². The molecule has 0 radical (unpaired) electrons. The van der Waals surface area contributed by atoms with E-state index in [-0.39, 0.29) is 0 Å². The van der Waals surface area contributed by atoms with Gasteiger partial charge in [-0.2, -0.15) is 0 Å².